The van der Waals surface area contributed by atoms with Gasteiger partial charge in [0.25, 0.3) is 5.91 Å². The molecule has 0 aliphatic carbocycles. The van der Waals surface area contributed by atoms with Gasteiger partial charge in [-0.25, -0.2) is 0 Å². The van der Waals surface area contributed by atoms with Gasteiger partial charge in [0, 0.05) is 6.07 Å². The summed E-state index contributed by atoms with van der Waals surface area (Å²) in [4.78, 5) is 11.8. The summed E-state index contributed by atoms with van der Waals surface area (Å²) in [6.07, 6.45) is 1.56. The van der Waals surface area contributed by atoms with Crippen molar-refractivity contribution in [1.29, 1.82) is 0 Å². The monoisotopic (exact) mass is 235 g/mol. The minimum atomic E-state index is -0.252. The number of nitrogens with zero attached hydrogens (tertiary/aromatic N) is 1. The Kier molecular flexibility index (Phi) is 2.92. The Bertz CT molecular complexity index is 508. The first kappa shape index (κ1) is 10.7. The van der Waals surface area contributed by atoms with E-state index in [1.54, 1.807) is 24.4 Å². The number of hydrogen-bond acceptors (Lipinski definition) is 2. The molecule has 0 bridgehead atoms. The first-order valence-corrected chi connectivity index (χ1v) is 5.12. The van der Waals surface area contributed by atoms with Crippen LogP contribution in [0.25, 0.3) is 0 Å². The van der Waals surface area contributed by atoms with Crippen LogP contribution in [0.15, 0.2) is 30.5 Å². The lowest BCUT2D eigenvalue weighted by Crippen LogP contribution is -2.13. The van der Waals surface area contributed by atoms with Crippen LogP contribution >= 0.6 is 11.6 Å². The summed E-state index contributed by atoms with van der Waals surface area (Å²) in [5, 5.41) is 9.52. The van der Waals surface area contributed by atoms with Crippen molar-refractivity contribution in [2.45, 2.75) is 6.92 Å². The molecule has 0 radical (unpaired) electrons. The quantitative estimate of drug-likeness (QED) is 0.841. The van der Waals surface area contributed by atoms with Gasteiger partial charge in [0.1, 0.15) is 5.82 Å². The fraction of sp³-hybridized carbons (Fsp3) is 0.0909. The molecule has 82 valence electrons. The first-order chi connectivity index (χ1) is 7.68. The van der Waals surface area contributed by atoms with Gasteiger partial charge in [-0.2, -0.15) is 5.10 Å². The maximum atomic E-state index is 11.8. The largest absolute Gasteiger partial charge is 0.307 e. The zero-order valence-corrected chi connectivity index (χ0v) is 9.38. The molecule has 0 saturated heterocycles. The summed E-state index contributed by atoms with van der Waals surface area (Å²) >= 11 is 6.04. The van der Waals surface area contributed by atoms with Crippen LogP contribution in [-0.2, 0) is 0 Å². The average molecular weight is 236 g/mol. The fourth-order valence-corrected chi connectivity index (χ4v) is 1.55. The summed E-state index contributed by atoms with van der Waals surface area (Å²) in [5.74, 6) is 0.292. The van der Waals surface area contributed by atoms with Gasteiger partial charge in [-0.3, -0.25) is 9.89 Å². The summed E-state index contributed by atoms with van der Waals surface area (Å²) in [7, 11) is 0. The van der Waals surface area contributed by atoms with Crippen molar-refractivity contribution in [1.82, 2.24) is 10.2 Å². The van der Waals surface area contributed by atoms with Gasteiger partial charge in [-0.1, -0.05) is 23.7 Å². The summed E-state index contributed by atoms with van der Waals surface area (Å²) in [5.41, 5.74) is 1.33. The van der Waals surface area contributed by atoms with Crippen molar-refractivity contribution in [2.24, 2.45) is 0 Å². The molecule has 5 heteroatoms. The van der Waals surface area contributed by atoms with Gasteiger partial charge in [0.05, 0.1) is 16.8 Å². The second-order valence-electron chi connectivity index (χ2n) is 3.36. The molecular weight excluding hydrogens is 226 g/mol. The molecule has 2 aromatic rings. The van der Waals surface area contributed by atoms with Crippen LogP contribution in [0.1, 0.15) is 15.9 Å². The summed E-state index contributed by atoms with van der Waals surface area (Å²) < 4.78 is 0. The van der Waals surface area contributed by atoms with Crippen LogP contribution in [0.2, 0.25) is 5.02 Å². The van der Waals surface area contributed by atoms with Crippen molar-refractivity contribution in [3.63, 3.8) is 0 Å². The molecule has 0 aliphatic heterocycles. The van der Waals surface area contributed by atoms with Crippen LogP contribution < -0.4 is 5.32 Å². The lowest BCUT2D eigenvalue weighted by molar-refractivity contribution is 0.102. The number of halogens is 1. The molecule has 4 nitrogen and oxygen atoms in total. The van der Waals surface area contributed by atoms with Crippen molar-refractivity contribution in [2.75, 3.05) is 5.32 Å². The molecular formula is C11H10ClN3O. The molecule has 0 fully saturated rings. The number of hydrogen-bond donors (Lipinski definition) is 2. The standard InChI is InChI=1S/C11H10ClN3O/c1-7-3-2-4-8(10(7)12)11(16)14-9-5-6-13-15-9/h2-6H,1H3,(H2,13,14,15,16). The van der Waals surface area contributed by atoms with E-state index in [2.05, 4.69) is 15.5 Å². The van der Waals surface area contributed by atoms with E-state index in [-0.39, 0.29) is 5.91 Å². The smallest absolute Gasteiger partial charge is 0.258 e. The van der Waals surface area contributed by atoms with Gasteiger partial charge >= 0.3 is 0 Å². The van der Waals surface area contributed by atoms with Crippen LogP contribution in [0.5, 0.6) is 0 Å². The number of benzene rings is 1. The van der Waals surface area contributed by atoms with Crippen LogP contribution in [-0.4, -0.2) is 16.1 Å². The van der Waals surface area contributed by atoms with Crippen LogP contribution in [0.4, 0.5) is 5.82 Å². The number of rotatable bonds is 2. The molecule has 16 heavy (non-hydrogen) atoms. The van der Waals surface area contributed by atoms with Crippen LogP contribution in [0, 0.1) is 6.92 Å². The molecule has 1 heterocycles. The van der Waals surface area contributed by atoms with E-state index < -0.39 is 0 Å². The molecule has 1 aromatic carbocycles. The lowest BCUT2D eigenvalue weighted by atomic mass is 10.1. The number of aromatic nitrogens is 2. The average Bonchev–Trinajstić information content (AvgIpc) is 2.74. The number of carbonyl (C=O) groups is 1. The molecule has 0 unspecified atom stereocenters. The number of nitrogens with one attached hydrogen (secondary N) is 2. The van der Waals surface area contributed by atoms with Gasteiger partial charge in [-0.15, -0.1) is 0 Å². The normalized spacial score (nSPS) is 10.1. The number of amides is 1. The zero-order chi connectivity index (χ0) is 11.5. The molecule has 0 spiro atoms. The third-order valence-electron chi connectivity index (χ3n) is 2.19. The highest BCUT2D eigenvalue weighted by Gasteiger charge is 2.11. The molecule has 1 amide bonds. The molecule has 0 aliphatic rings. The molecule has 0 saturated carbocycles. The topological polar surface area (TPSA) is 57.8 Å². The number of H-pyrrole nitrogens is 1. The Balaban J connectivity index is 2.24. The molecule has 2 N–H and O–H groups in total. The highest BCUT2D eigenvalue weighted by atomic mass is 35.5. The van der Waals surface area contributed by atoms with Crippen molar-refractivity contribution < 1.29 is 4.79 Å². The SMILES string of the molecule is Cc1cccc(C(=O)Nc2ccn[nH]2)c1Cl. The van der Waals surface area contributed by atoms with E-state index in [0.29, 0.717) is 16.4 Å². The highest BCUT2D eigenvalue weighted by Crippen LogP contribution is 2.20. The first-order valence-electron chi connectivity index (χ1n) is 4.74. The number of carbonyl (C=O) groups excluding carboxylic acids is 1. The Morgan fingerprint density at radius 2 is 2.25 bits per heavy atom. The summed E-state index contributed by atoms with van der Waals surface area (Å²) in [6.45, 7) is 1.86. The highest BCUT2D eigenvalue weighted by molar-refractivity contribution is 6.35. The van der Waals surface area contributed by atoms with Gasteiger partial charge in [0.15, 0.2) is 0 Å². The third-order valence-corrected chi connectivity index (χ3v) is 2.69. The summed E-state index contributed by atoms with van der Waals surface area (Å²) in [6, 6.07) is 7.00. The second-order valence-corrected chi connectivity index (χ2v) is 3.74. The second kappa shape index (κ2) is 4.37. The third kappa shape index (κ3) is 2.06. The number of aryl methyl sites for hydroxylation is 1. The predicted octanol–water partition coefficient (Wildman–Crippen LogP) is 2.62. The van der Waals surface area contributed by atoms with E-state index in [4.69, 9.17) is 11.6 Å². The molecule has 1 aromatic heterocycles. The number of anilines is 1. The van der Waals surface area contributed by atoms with E-state index in [1.165, 1.54) is 0 Å². The minimum absolute atomic E-state index is 0.252. The molecule has 0 atom stereocenters. The van der Waals surface area contributed by atoms with Gasteiger partial charge in [-0.05, 0) is 18.6 Å². The number of aromatic amines is 1. The maximum Gasteiger partial charge on any atom is 0.258 e. The Morgan fingerprint density at radius 3 is 2.94 bits per heavy atom. The van der Waals surface area contributed by atoms with E-state index in [0.717, 1.165) is 5.56 Å². The Hall–Kier alpha value is -1.81. The van der Waals surface area contributed by atoms with Crippen LogP contribution in [0.3, 0.4) is 0 Å². The van der Waals surface area contributed by atoms with Crippen molar-refractivity contribution in [3.8, 4) is 0 Å². The Labute approximate surface area is 97.6 Å². The van der Waals surface area contributed by atoms with Gasteiger partial charge < -0.3 is 5.32 Å². The maximum absolute atomic E-state index is 11.8. The molecule has 2 rings (SSSR count). The Morgan fingerprint density at radius 1 is 1.44 bits per heavy atom. The predicted molar refractivity (Wildman–Crippen MR) is 62.7 cm³/mol. The lowest BCUT2D eigenvalue weighted by Gasteiger charge is -2.06. The van der Waals surface area contributed by atoms with E-state index in [1.807, 2.05) is 13.0 Å². The van der Waals surface area contributed by atoms with E-state index >= 15 is 0 Å². The van der Waals surface area contributed by atoms with E-state index in [9.17, 15) is 4.79 Å². The minimum Gasteiger partial charge on any atom is -0.307 e. The van der Waals surface area contributed by atoms with Crippen molar-refractivity contribution >= 4 is 23.3 Å². The fourth-order valence-electron chi connectivity index (χ4n) is 1.34. The van der Waals surface area contributed by atoms with Gasteiger partial charge in [0.2, 0.25) is 0 Å². The van der Waals surface area contributed by atoms with Crippen molar-refractivity contribution in [3.05, 3.63) is 46.6 Å². The zero-order valence-electron chi connectivity index (χ0n) is 8.62.